The van der Waals surface area contributed by atoms with Crippen LogP contribution in [-0.2, 0) is 9.59 Å². The van der Waals surface area contributed by atoms with Crippen molar-refractivity contribution in [3.05, 3.63) is 24.3 Å². The number of hydrogen-bond acceptors (Lipinski definition) is 3. The first kappa shape index (κ1) is 19.7. The van der Waals surface area contributed by atoms with Crippen LogP contribution in [-0.4, -0.2) is 24.0 Å². The van der Waals surface area contributed by atoms with Crippen LogP contribution in [0.15, 0.2) is 24.3 Å². The Morgan fingerprint density at radius 1 is 0.889 bits per heavy atom. The molecule has 27 heavy (non-hydrogen) atoms. The molecule has 0 atom stereocenters. The number of rotatable bonds is 6. The van der Waals surface area contributed by atoms with Crippen molar-refractivity contribution in [1.82, 2.24) is 5.32 Å². The normalized spacial score (nSPS) is 23.2. The molecule has 0 aliphatic heterocycles. The third-order valence-electron chi connectivity index (χ3n) is 5.66. The molecule has 5 heteroatoms. The van der Waals surface area contributed by atoms with Crippen molar-refractivity contribution in [2.24, 2.45) is 11.8 Å². The van der Waals surface area contributed by atoms with Gasteiger partial charge in [-0.05, 0) is 76.6 Å². The fourth-order valence-electron chi connectivity index (χ4n) is 4.14. The summed E-state index contributed by atoms with van der Waals surface area (Å²) in [5, 5.41) is 6.20. The van der Waals surface area contributed by atoms with E-state index in [1.165, 1.54) is 12.8 Å². The molecule has 2 aliphatic carbocycles. The van der Waals surface area contributed by atoms with Crippen LogP contribution in [0, 0.1) is 11.8 Å². The molecular weight excluding hydrogens is 340 g/mol. The molecule has 2 aliphatic rings. The van der Waals surface area contributed by atoms with E-state index in [0.717, 1.165) is 50.0 Å². The van der Waals surface area contributed by atoms with E-state index in [1.54, 1.807) is 0 Å². The highest BCUT2D eigenvalue weighted by atomic mass is 16.5. The standard InChI is InChI=1S/C22H32N2O3/c1-15(2)27-20-13-11-19(12-14-20)24-22(26)17-9-7-16(8-10-17)21(25)23-18-5-3-4-6-18/h11-18H,3-10H2,1-2H3,(H,23,25)(H,24,26). The summed E-state index contributed by atoms with van der Waals surface area (Å²) in [4.78, 5) is 24.9. The highest BCUT2D eigenvalue weighted by molar-refractivity contribution is 5.92. The molecule has 148 valence electrons. The Balaban J connectivity index is 1.43. The lowest BCUT2D eigenvalue weighted by atomic mass is 9.81. The smallest absolute Gasteiger partial charge is 0.227 e. The average Bonchev–Trinajstić information content (AvgIpc) is 3.16. The van der Waals surface area contributed by atoms with E-state index in [9.17, 15) is 9.59 Å². The Hall–Kier alpha value is -2.04. The van der Waals surface area contributed by atoms with Crippen molar-refractivity contribution in [3.8, 4) is 5.75 Å². The number of carbonyl (C=O) groups is 2. The van der Waals surface area contributed by atoms with Crippen LogP contribution >= 0.6 is 0 Å². The first-order valence-corrected chi connectivity index (χ1v) is 10.4. The van der Waals surface area contributed by atoms with E-state index in [-0.39, 0.29) is 29.8 Å². The Morgan fingerprint density at radius 2 is 1.44 bits per heavy atom. The molecule has 0 bridgehead atoms. The fraction of sp³-hybridized carbons (Fsp3) is 0.636. The maximum atomic E-state index is 12.5. The molecule has 2 saturated carbocycles. The second-order valence-electron chi connectivity index (χ2n) is 8.22. The van der Waals surface area contributed by atoms with Gasteiger partial charge in [-0.3, -0.25) is 9.59 Å². The summed E-state index contributed by atoms with van der Waals surface area (Å²) in [6.45, 7) is 3.97. The van der Waals surface area contributed by atoms with Gasteiger partial charge in [-0.15, -0.1) is 0 Å². The van der Waals surface area contributed by atoms with E-state index in [0.29, 0.717) is 6.04 Å². The third-order valence-corrected chi connectivity index (χ3v) is 5.66. The lowest BCUT2D eigenvalue weighted by molar-refractivity contribution is -0.129. The molecule has 2 N–H and O–H groups in total. The quantitative estimate of drug-likeness (QED) is 0.783. The minimum absolute atomic E-state index is 0.00730. The third kappa shape index (κ3) is 5.72. The molecule has 0 spiro atoms. The van der Waals surface area contributed by atoms with Crippen molar-refractivity contribution in [2.75, 3.05) is 5.32 Å². The van der Waals surface area contributed by atoms with Gasteiger partial charge < -0.3 is 15.4 Å². The molecule has 0 aromatic heterocycles. The summed E-state index contributed by atoms with van der Waals surface area (Å²) >= 11 is 0. The zero-order valence-electron chi connectivity index (χ0n) is 16.5. The lowest BCUT2D eigenvalue weighted by Gasteiger charge is -2.28. The van der Waals surface area contributed by atoms with Crippen LogP contribution in [0.2, 0.25) is 0 Å². The summed E-state index contributed by atoms with van der Waals surface area (Å²) in [6.07, 6.45) is 7.98. The highest BCUT2D eigenvalue weighted by Crippen LogP contribution is 2.30. The van der Waals surface area contributed by atoms with Gasteiger partial charge in [0, 0.05) is 23.6 Å². The predicted octanol–water partition coefficient (Wildman–Crippen LogP) is 4.28. The molecule has 0 heterocycles. The van der Waals surface area contributed by atoms with Gasteiger partial charge >= 0.3 is 0 Å². The van der Waals surface area contributed by atoms with Crippen molar-refractivity contribution in [1.29, 1.82) is 0 Å². The summed E-state index contributed by atoms with van der Waals surface area (Å²) < 4.78 is 5.62. The summed E-state index contributed by atoms with van der Waals surface area (Å²) in [5.74, 6) is 1.12. The topological polar surface area (TPSA) is 67.4 Å². The van der Waals surface area contributed by atoms with Gasteiger partial charge in [-0.25, -0.2) is 0 Å². The minimum atomic E-state index is -0.00730. The van der Waals surface area contributed by atoms with Crippen LogP contribution in [0.3, 0.4) is 0 Å². The van der Waals surface area contributed by atoms with Gasteiger partial charge in [-0.1, -0.05) is 12.8 Å². The van der Waals surface area contributed by atoms with Gasteiger partial charge in [0.1, 0.15) is 5.75 Å². The molecule has 5 nitrogen and oxygen atoms in total. The highest BCUT2D eigenvalue weighted by Gasteiger charge is 2.31. The summed E-state index contributed by atoms with van der Waals surface area (Å²) in [5.41, 5.74) is 0.789. The first-order chi connectivity index (χ1) is 13.0. The van der Waals surface area contributed by atoms with Crippen LogP contribution in [0.5, 0.6) is 5.75 Å². The number of hydrogen-bond donors (Lipinski definition) is 2. The maximum Gasteiger partial charge on any atom is 0.227 e. The van der Waals surface area contributed by atoms with Crippen molar-refractivity contribution < 1.29 is 14.3 Å². The monoisotopic (exact) mass is 372 g/mol. The molecule has 2 amide bonds. The molecule has 1 aromatic carbocycles. The Morgan fingerprint density at radius 3 is 2.00 bits per heavy atom. The molecular formula is C22H32N2O3. The van der Waals surface area contributed by atoms with E-state index >= 15 is 0 Å². The predicted molar refractivity (Wildman–Crippen MR) is 107 cm³/mol. The minimum Gasteiger partial charge on any atom is -0.491 e. The molecule has 1 aromatic rings. The maximum absolute atomic E-state index is 12.5. The van der Waals surface area contributed by atoms with Crippen LogP contribution in [0.4, 0.5) is 5.69 Å². The number of amides is 2. The second kappa shape index (κ2) is 9.25. The summed E-state index contributed by atoms with van der Waals surface area (Å²) in [7, 11) is 0. The zero-order chi connectivity index (χ0) is 19.2. The fourth-order valence-corrected chi connectivity index (χ4v) is 4.14. The van der Waals surface area contributed by atoms with E-state index in [2.05, 4.69) is 10.6 Å². The van der Waals surface area contributed by atoms with Crippen LogP contribution < -0.4 is 15.4 Å². The van der Waals surface area contributed by atoms with Gasteiger partial charge in [0.25, 0.3) is 0 Å². The van der Waals surface area contributed by atoms with Gasteiger partial charge in [0.15, 0.2) is 0 Å². The lowest BCUT2D eigenvalue weighted by Crippen LogP contribution is -2.39. The molecule has 0 saturated heterocycles. The Kier molecular flexibility index (Phi) is 6.75. The summed E-state index contributed by atoms with van der Waals surface area (Å²) in [6, 6.07) is 7.87. The van der Waals surface area contributed by atoms with E-state index in [4.69, 9.17) is 4.74 Å². The SMILES string of the molecule is CC(C)Oc1ccc(NC(=O)C2CCC(C(=O)NC3CCCC3)CC2)cc1. The largest absolute Gasteiger partial charge is 0.491 e. The van der Waals surface area contributed by atoms with E-state index < -0.39 is 0 Å². The average molecular weight is 373 g/mol. The molecule has 0 unspecified atom stereocenters. The number of carbonyl (C=O) groups excluding carboxylic acids is 2. The number of anilines is 1. The molecule has 2 fully saturated rings. The Bertz CT molecular complexity index is 627. The van der Waals surface area contributed by atoms with Crippen LogP contribution in [0.1, 0.15) is 65.2 Å². The van der Waals surface area contributed by atoms with E-state index in [1.807, 2.05) is 38.1 Å². The second-order valence-corrected chi connectivity index (χ2v) is 8.22. The number of ether oxygens (including phenoxy) is 1. The van der Waals surface area contributed by atoms with Crippen molar-refractivity contribution in [2.45, 2.75) is 77.4 Å². The van der Waals surface area contributed by atoms with Gasteiger partial charge in [0.05, 0.1) is 6.10 Å². The number of benzene rings is 1. The Labute approximate surface area is 162 Å². The van der Waals surface area contributed by atoms with Crippen molar-refractivity contribution in [3.63, 3.8) is 0 Å². The van der Waals surface area contributed by atoms with Crippen LogP contribution in [0.25, 0.3) is 0 Å². The first-order valence-electron chi connectivity index (χ1n) is 10.4. The molecule has 3 rings (SSSR count). The molecule has 0 radical (unpaired) electrons. The van der Waals surface area contributed by atoms with Crippen molar-refractivity contribution >= 4 is 17.5 Å². The van der Waals surface area contributed by atoms with Gasteiger partial charge in [-0.2, -0.15) is 0 Å². The van der Waals surface area contributed by atoms with Gasteiger partial charge in [0.2, 0.25) is 11.8 Å². The number of nitrogens with one attached hydrogen (secondary N) is 2. The zero-order valence-corrected chi connectivity index (χ0v) is 16.5.